The van der Waals surface area contributed by atoms with Crippen LogP contribution in [0.3, 0.4) is 0 Å². The van der Waals surface area contributed by atoms with Gasteiger partial charge in [-0.15, -0.1) is 5.10 Å². The van der Waals surface area contributed by atoms with Gasteiger partial charge >= 0.3 is 0 Å². The summed E-state index contributed by atoms with van der Waals surface area (Å²) >= 11 is 0. The Morgan fingerprint density at radius 3 is 2.69 bits per heavy atom. The summed E-state index contributed by atoms with van der Waals surface area (Å²) in [6.45, 7) is 0.285. The smallest absolute Gasteiger partial charge is 0.249 e. The van der Waals surface area contributed by atoms with Gasteiger partial charge < -0.3 is 20.1 Å². The van der Waals surface area contributed by atoms with Gasteiger partial charge in [-0.05, 0) is 18.2 Å². The molecule has 134 valence electrons. The number of benzene rings is 2. The third kappa shape index (κ3) is 4.15. The number of aromatic nitrogens is 3. The largest absolute Gasteiger partial charge is 0.497 e. The van der Waals surface area contributed by atoms with Gasteiger partial charge in [-0.25, -0.2) is 4.39 Å². The zero-order valence-electron chi connectivity index (χ0n) is 14.4. The molecule has 1 heterocycles. The first kappa shape index (κ1) is 17.4. The molecule has 3 rings (SSSR count). The molecule has 0 aliphatic carbocycles. The molecule has 0 saturated carbocycles. The van der Waals surface area contributed by atoms with Gasteiger partial charge in [0.1, 0.15) is 17.3 Å². The van der Waals surface area contributed by atoms with Gasteiger partial charge in [-0.3, -0.25) is 0 Å². The summed E-state index contributed by atoms with van der Waals surface area (Å²) in [5, 5.41) is 13.9. The van der Waals surface area contributed by atoms with Crippen molar-refractivity contribution in [1.82, 2.24) is 15.2 Å². The Labute approximate surface area is 150 Å². The fraction of sp³-hybridized carbons (Fsp3) is 0.167. The molecule has 0 radical (unpaired) electrons. The predicted octanol–water partition coefficient (Wildman–Crippen LogP) is 3.38. The minimum atomic E-state index is -0.276. The summed E-state index contributed by atoms with van der Waals surface area (Å²) in [6, 6.07) is 11.9. The van der Waals surface area contributed by atoms with Crippen molar-refractivity contribution in [3.05, 3.63) is 60.0 Å². The van der Waals surface area contributed by atoms with Crippen molar-refractivity contribution >= 4 is 17.5 Å². The zero-order valence-corrected chi connectivity index (χ0v) is 14.4. The van der Waals surface area contributed by atoms with Crippen LogP contribution < -0.4 is 20.1 Å². The molecule has 0 saturated heterocycles. The molecular formula is C18H18FN5O2. The lowest BCUT2D eigenvalue weighted by molar-refractivity contribution is 0.405. The number of methoxy groups -OCH3 is 2. The monoisotopic (exact) mass is 355 g/mol. The maximum Gasteiger partial charge on any atom is 0.249 e. The maximum atomic E-state index is 13.7. The lowest BCUT2D eigenvalue weighted by Crippen LogP contribution is -2.07. The number of halogens is 1. The molecule has 26 heavy (non-hydrogen) atoms. The summed E-state index contributed by atoms with van der Waals surface area (Å²) in [5.41, 5.74) is 1.18. The predicted molar refractivity (Wildman–Crippen MR) is 96.4 cm³/mol. The SMILES string of the molecule is COc1ccc(OC)c(Nc2nncc(NCc3ccccc3F)n2)c1. The molecular weight excluding hydrogens is 337 g/mol. The molecule has 0 aliphatic rings. The highest BCUT2D eigenvalue weighted by Crippen LogP contribution is 2.30. The number of anilines is 3. The molecule has 1 aromatic heterocycles. The highest BCUT2D eigenvalue weighted by molar-refractivity contribution is 5.65. The first-order valence-corrected chi connectivity index (χ1v) is 7.85. The van der Waals surface area contributed by atoms with E-state index in [0.717, 1.165) is 0 Å². The van der Waals surface area contributed by atoms with E-state index in [1.807, 2.05) is 0 Å². The summed E-state index contributed by atoms with van der Waals surface area (Å²) in [6.07, 6.45) is 1.47. The van der Waals surface area contributed by atoms with Gasteiger partial charge in [0.15, 0.2) is 5.82 Å². The van der Waals surface area contributed by atoms with E-state index in [1.54, 1.807) is 50.6 Å². The number of rotatable bonds is 7. The maximum absolute atomic E-state index is 13.7. The Balaban J connectivity index is 1.74. The van der Waals surface area contributed by atoms with E-state index in [-0.39, 0.29) is 18.3 Å². The van der Waals surface area contributed by atoms with E-state index < -0.39 is 0 Å². The third-order valence-electron chi connectivity index (χ3n) is 3.63. The van der Waals surface area contributed by atoms with E-state index in [0.29, 0.717) is 28.6 Å². The Kier molecular flexibility index (Phi) is 5.43. The van der Waals surface area contributed by atoms with Crippen LogP contribution in [0.2, 0.25) is 0 Å². The first-order valence-electron chi connectivity index (χ1n) is 7.85. The Bertz CT molecular complexity index is 891. The van der Waals surface area contributed by atoms with Crippen molar-refractivity contribution < 1.29 is 13.9 Å². The molecule has 0 bridgehead atoms. The fourth-order valence-electron chi connectivity index (χ4n) is 2.30. The van der Waals surface area contributed by atoms with Crippen molar-refractivity contribution in [1.29, 1.82) is 0 Å². The molecule has 3 aromatic rings. The number of ether oxygens (including phenoxy) is 2. The van der Waals surface area contributed by atoms with E-state index in [1.165, 1.54) is 12.3 Å². The minimum Gasteiger partial charge on any atom is -0.497 e. The average molecular weight is 355 g/mol. The molecule has 8 heteroatoms. The topological polar surface area (TPSA) is 81.2 Å². The quantitative estimate of drug-likeness (QED) is 0.672. The molecule has 7 nitrogen and oxygen atoms in total. The fourth-order valence-corrected chi connectivity index (χ4v) is 2.30. The van der Waals surface area contributed by atoms with Crippen molar-refractivity contribution in [3.63, 3.8) is 0 Å². The number of hydrogen-bond acceptors (Lipinski definition) is 7. The van der Waals surface area contributed by atoms with E-state index >= 15 is 0 Å². The van der Waals surface area contributed by atoms with Crippen molar-refractivity contribution in [2.45, 2.75) is 6.54 Å². The molecule has 0 amide bonds. The van der Waals surface area contributed by atoms with E-state index in [2.05, 4.69) is 25.8 Å². The number of hydrogen-bond donors (Lipinski definition) is 2. The van der Waals surface area contributed by atoms with Crippen LogP contribution in [0, 0.1) is 5.82 Å². The van der Waals surface area contributed by atoms with Crippen LogP contribution in [-0.2, 0) is 6.54 Å². The van der Waals surface area contributed by atoms with Crippen molar-refractivity contribution in [2.24, 2.45) is 0 Å². The Morgan fingerprint density at radius 2 is 1.92 bits per heavy atom. The normalized spacial score (nSPS) is 10.3. The minimum absolute atomic E-state index is 0.273. The van der Waals surface area contributed by atoms with Gasteiger partial charge in [0.05, 0.1) is 26.1 Å². The zero-order chi connectivity index (χ0) is 18.4. The molecule has 0 spiro atoms. The first-order chi connectivity index (χ1) is 12.7. The van der Waals surface area contributed by atoms with Crippen LogP contribution in [0.25, 0.3) is 0 Å². The highest BCUT2D eigenvalue weighted by Gasteiger charge is 2.08. The lowest BCUT2D eigenvalue weighted by Gasteiger charge is -2.12. The molecule has 2 N–H and O–H groups in total. The summed E-state index contributed by atoms with van der Waals surface area (Å²) in [7, 11) is 3.15. The Hall–Kier alpha value is -3.42. The van der Waals surface area contributed by atoms with E-state index in [4.69, 9.17) is 9.47 Å². The van der Waals surface area contributed by atoms with Crippen LogP contribution in [0.4, 0.5) is 21.8 Å². The summed E-state index contributed by atoms with van der Waals surface area (Å²) < 4.78 is 24.2. The second-order valence-corrected chi connectivity index (χ2v) is 5.30. The average Bonchev–Trinajstić information content (AvgIpc) is 2.67. The van der Waals surface area contributed by atoms with Gasteiger partial charge in [0.25, 0.3) is 0 Å². The standard InChI is InChI=1S/C18H18FN5O2/c1-25-13-7-8-16(26-2)15(9-13)22-18-23-17(11-21-24-18)20-10-12-5-3-4-6-14(12)19/h3-9,11H,10H2,1-2H3,(H2,20,22,23,24). The molecule has 0 fully saturated rings. The highest BCUT2D eigenvalue weighted by atomic mass is 19.1. The lowest BCUT2D eigenvalue weighted by atomic mass is 10.2. The number of nitrogens with zero attached hydrogens (tertiary/aromatic N) is 3. The van der Waals surface area contributed by atoms with E-state index in [9.17, 15) is 4.39 Å². The van der Waals surface area contributed by atoms with Crippen LogP contribution >= 0.6 is 0 Å². The summed E-state index contributed by atoms with van der Waals surface area (Å²) in [5.74, 6) is 1.73. The molecule has 0 aliphatic heterocycles. The van der Waals surface area contributed by atoms with Gasteiger partial charge in [0.2, 0.25) is 5.95 Å². The van der Waals surface area contributed by atoms with Crippen LogP contribution in [0.15, 0.2) is 48.7 Å². The van der Waals surface area contributed by atoms with Crippen LogP contribution in [0.1, 0.15) is 5.56 Å². The molecule has 0 atom stereocenters. The second-order valence-electron chi connectivity index (χ2n) is 5.30. The summed E-state index contributed by atoms with van der Waals surface area (Å²) in [4.78, 5) is 4.33. The molecule has 0 unspecified atom stereocenters. The number of nitrogens with one attached hydrogen (secondary N) is 2. The van der Waals surface area contributed by atoms with Crippen molar-refractivity contribution in [3.8, 4) is 11.5 Å². The second kappa shape index (κ2) is 8.11. The van der Waals surface area contributed by atoms with Gasteiger partial charge in [-0.1, -0.05) is 18.2 Å². The van der Waals surface area contributed by atoms with Crippen molar-refractivity contribution in [2.75, 3.05) is 24.9 Å². The third-order valence-corrected chi connectivity index (χ3v) is 3.63. The molecule has 2 aromatic carbocycles. The van der Waals surface area contributed by atoms with Crippen LogP contribution in [0.5, 0.6) is 11.5 Å². The van der Waals surface area contributed by atoms with Crippen LogP contribution in [-0.4, -0.2) is 29.4 Å². The Morgan fingerprint density at radius 1 is 1.08 bits per heavy atom. The van der Waals surface area contributed by atoms with Gasteiger partial charge in [-0.2, -0.15) is 10.1 Å². The van der Waals surface area contributed by atoms with Gasteiger partial charge in [0, 0.05) is 18.2 Å².